The Morgan fingerprint density at radius 3 is 2.08 bits per heavy atom. The number of hydrogen-bond donors (Lipinski definition) is 2. The van der Waals surface area contributed by atoms with Gasteiger partial charge in [-0.05, 0) is 97.8 Å². The number of carboxylic acids is 1. The molecule has 5 nitrogen and oxygen atoms in total. The van der Waals surface area contributed by atoms with Gasteiger partial charge in [-0.2, -0.15) is 0 Å². The SMILES string of the molecule is COc1cc(C(c2ccc(O)cc2)c2cccc(C)c2)c(Oc2c(Br)cc(CC(=O)O)cc2Br)cc1C(C)C. The van der Waals surface area contributed by atoms with Crippen LogP contribution in [-0.4, -0.2) is 23.3 Å². The largest absolute Gasteiger partial charge is 0.508 e. The quantitative estimate of drug-likeness (QED) is 0.176. The Bertz CT molecular complexity index is 1470. The maximum atomic E-state index is 11.3. The molecule has 0 aliphatic rings. The van der Waals surface area contributed by atoms with Gasteiger partial charge in [-0.15, -0.1) is 0 Å². The molecule has 0 heterocycles. The molecule has 0 radical (unpaired) electrons. The molecule has 7 heteroatoms. The number of benzene rings is 4. The van der Waals surface area contributed by atoms with Gasteiger partial charge < -0.3 is 19.7 Å². The molecule has 0 aromatic heterocycles. The molecular formula is C32H30Br2O5. The summed E-state index contributed by atoms with van der Waals surface area (Å²) in [6.07, 6.45) is -0.0982. The van der Waals surface area contributed by atoms with Crippen molar-refractivity contribution in [3.63, 3.8) is 0 Å². The highest BCUT2D eigenvalue weighted by atomic mass is 79.9. The maximum absolute atomic E-state index is 11.3. The molecule has 0 bridgehead atoms. The monoisotopic (exact) mass is 652 g/mol. The van der Waals surface area contributed by atoms with Gasteiger partial charge in [-0.3, -0.25) is 4.79 Å². The van der Waals surface area contributed by atoms with Crippen LogP contribution in [0.15, 0.2) is 81.7 Å². The molecule has 202 valence electrons. The number of aryl methyl sites for hydroxylation is 1. The topological polar surface area (TPSA) is 76.0 Å². The minimum atomic E-state index is -0.906. The lowest BCUT2D eigenvalue weighted by Gasteiger charge is -2.25. The Kier molecular flexibility index (Phi) is 9.03. The van der Waals surface area contributed by atoms with Gasteiger partial charge in [0.2, 0.25) is 0 Å². The number of hydrogen-bond acceptors (Lipinski definition) is 4. The predicted octanol–water partition coefficient (Wildman–Crippen LogP) is 8.96. The number of methoxy groups -OCH3 is 1. The van der Waals surface area contributed by atoms with Crippen LogP contribution in [0.1, 0.15) is 59.1 Å². The van der Waals surface area contributed by atoms with Gasteiger partial charge >= 0.3 is 5.97 Å². The minimum Gasteiger partial charge on any atom is -0.508 e. The predicted molar refractivity (Wildman–Crippen MR) is 161 cm³/mol. The van der Waals surface area contributed by atoms with Gasteiger partial charge in [0.05, 0.1) is 22.5 Å². The first-order valence-corrected chi connectivity index (χ1v) is 14.1. The fourth-order valence-corrected chi connectivity index (χ4v) is 6.14. The summed E-state index contributed by atoms with van der Waals surface area (Å²) >= 11 is 7.18. The van der Waals surface area contributed by atoms with E-state index in [0.717, 1.165) is 33.6 Å². The van der Waals surface area contributed by atoms with E-state index in [1.54, 1.807) is 31.4 Å². The van der Waals surface area contributed by atoms with Gasteiger partial charge in [0.1, 0.15) is 17.2 Å². The molecule has 4 aromatic carbocycles. The maximum Gasteiger partial charge on any atom is 0.307 e. The fourth-order valence-electron chi connectivity index (χ4n) is 4.70. The number of aliphatic carboxylic acids is 1. The number of rotatable bonds is 9. The summed E-state index contributed by atoms with van der Waals surface area (Å²) in [6, 6.07) is 23.1. The lowest BCUT2D eigenvalue weighted by atomic mass is 9.83. The van der Waals surface area contributed by atoms with E-state index >= 15 is 0 Å². The number of phenols is 1. The van der Waals surface area contributed by atoms with Gasteiger partial charge in [0.15, 0.2) is 5.75 Å². The Morgan fingerprint density at radius 2 is 1.51 bits per heavy atom. The van der Waals surface area contributed by atoms with Crippen molar-refractivity contribution in [2.24, 2.45) is 0 Å². The molecule has 4 aromatic rings. The third-order valence-corrected chi connectivity index (χ3v) is 7.70. The number of aromatic hydroxyl groups is 1. The third-order valence-electron chi connectivity index (χ3n) is 6.52. The smallest absolute Gasteiger partial charge is 0.307 e. The molecule has 0 saturated heterocycles. The van der Waals surface area contributed by atoms with Gasteiger partial charge in [0, 0.05) is 17.0 Å². The zero-order valence-corrected chi connectivity index (χ0v) is 25.3. The molecule has 0 aliphatic carbocycles. The molecule has 39 heavy (non-hydrogen) atoms. The van der Waals surface area contributed by atoms with Gasteiger partial charge in [-0.1, -0.05) is 55.8 Å². The molecule has 0 amide bonds. The average Bonchev–Trinajstić information content (AvgIpc) is 2.87. The summed E-state index contributed by atoms with van der Waals surface area (Å²) in [5, 5.41) is 19.2. The molecule has 0 fully saturated rings. The highest BCUT2D eigenvalue weighted by Crippen LogP contribution is 2.46. The van der Waals surface area contributed by atoms with Crippen molar-refractivity contribution in [3.05, 3.63) is 115 Å². The fraction of sp³-hybridized carbons (Fsp3) is 0.219. The Balaban J connectivity index is 1.96. The highest BCUT2D eigenvalue weighted by Gasteiger charge is 2.26. The van der Waals surface area contributed by atoms with E-state index in [2.05, 4.69) is 70.8 Å². The number of carbonyl (C=O) groups is 1. The van der Waals surface area contributed by atoms with Crippen LogP contribution in [0, 0.1) is 6.92 Å². The molecule has 0 aliphatic heterocycles. The normalized spacial score (nSPS) is 11.9. The summed E-state index contributed by atoms with van der Waals surface area (Å²) in [6.45, 7) is 6.27. The molecule has 0 spiro atoms. The Hall–Kier alpha value is -3.29. The van der Waals surface area contributed by atoms with Gasteiger partial charge in [-0.25, -0.2) is 0 Å². The zero-order valence-electron chi connectivity index (χ0n) is 22.2. The second-order valence-corrected chi connectivity index (χ2v) is 11.5. The molecule has 1 atom stereocenters. The van der Waals surface area contributed by atoms with Crippen molar-refractivity contribution < 1.29 is 24.5 Å². The van der Waals surface area contributed by atoms with Crippen LogP contribution in [0.3, 0.4) is 0 Å². The van der Waals surface area contributed by atoms with Crippen LogP contribution in [0.4, 0.5) is 0 Å². The second-order valence-electron chi connectivity index (χ2n) is 9.79. The van der Waals surface area contributed by atoms with Crippen LogP contribution < -0.4 is 9.47 Å². The van der Waals surface area contributed by atoms with E-state index in [0.29, 0.717) is 26.0 Å². The first-order valence-electron chi connectivity index (χ1n) is 12.5. The van der Waals surface area contributed by atoms with E-state index in [1.165, 1.54) is 0 Å². The highest BCUT2D eigenvalue weighted by molar-refractivity contribution is 9.11. The average molecular weight is 654 g/mol. The number of ether oxygens (including phenoxy) is 2. The summed E-state index contributed by atoms with van der Waals surface area (Å²) < 4.78 is 13.8. The van der Waals surface area contributed by atoms with E-state index in [1.807, 2.05) is 30.3 Å². The van der Waals surface area contributed by atoms with Crippen LogP contribution >= 0.6 is 31.9 Å². The Morgan fingerprint density at radius 1 is 0.872 bits per heavy atom. The van der Waals surface area contributed by atoms with Crippen molar-refractivity contribution >= 4 is 37.8 Å². The number of phenolic OH excluding ortho intramolecular Hbond substituents is 1. The molecule has 4 rings (SSSR count). The van der Waals surface area contributed by atoms with E-state index in [4.69, 9.17) is 9.47 Å². The van der Waals surface area contributed by atoms with Crippen molar-refractivity contribution in [2.75, 3.05) is 7.11 Å². The summed E-state index contributed by atoms with van der Waals surface area (Å²) in [4.78, 5) is 11.3. The lowest BCUT2D eigenvalue weighted by molar-refractivity contribution is -0.136. The minimum absolute atomic E-state index is 0.0982. The Labute approximate surface area is 245 Å². The lowest BCUT2D eigenvalue weighted by Crippen LogP contribution is -2.08. The van der Waals surface area contributed by atoms with E-state index in [9.17, 15) is 15.0 Å². The molecule has 0 saturated carbocycles. The van der Waals surface area contributed by atoms with Crippen LogP contribution in [0.25, 0.3) is 0 Å². The summed E-state index contributed by atoms with van der Waals surface area (Å²) in [7, 11) is 1.67. The van der Waals surface area contributed by atoms with Crippen molar-refractivity contribution in [3.8, 4) is 23.0 Å². The van der Waals surface area contributed by atoms with Crippen LogP contribution in [-0.2, 0) is 11.2 Å². The molecular weight excluding hydrogens is 624 g/mol. The van der Waals surface area contributed by atoms with Crippen molar-refractivity contribution in [1.29, 1.82) is 0 Å². The van der Waals surface area contributed by atoms with Gasteiger partial charge in [0.25, 0.3) is 0 Å². The van der Waals surface area contributed by atoms with E-state index < -0.39 is 5.97 Å². The molecule has 1 unspecified atom stereocenters. The van der Waals surface area contributed by atoms with Crippen molar-refractivity contribution in [1.82, 2.24) is 0 Å². The van der Waals surface area contributed by atoms with Crippen LogP contribution in [0.5, 0.6) is 23.0 Å². The summed E-state index contributed by atoms with van der Waals surface area (Å²) in [5.41, 5.74) is 5.72. The summed E-state index contributed by atoms with van der Waals surface area (Å²) in [5.74, 6) is 1.19. The number of carboxylic acid groups (broad SMARTS) is 1. The standard InChI is InChI=1S/C32H30Br2O5/c1-18(2)24-16-29(39-32-26(33)13-20(14-27(32)34)15-30(36)37)25(17-28(24)38-4)31(21-8-10-23(35)11-9-21)22-7-5-6-19(3)12-22/h5-14,16-18,31,35H,15H2,1-4H3,(H,36,37). The first-order chi connectivity index (χ1) is 18.6. The molecule has 2 N–H and O–H groups in total. The number of halogens is 2. The van der Waals surface area contributed by atoms with E-state index in [-0.39, 0.29) is 24.0 Å². The van der Waals surface area contributed by atoms with Crippen LogP contribution in [0.2, 0.25) is 0 Å². The third kappa shape index (κ3) is 6.65. The van der Waals surface area contributed by atoms with Crippen molar-refractivity contribution in [2.45, 2.75) is 39.0 Å². The first kappa shape index (κ1) is 28.7. The zero-order chi connectivity index (χ0) is 28.3. The second kappa shape index (κ2) is 12.3.